The number of ether oxygens (including phenoxy) is 1. The van der Waals surface area contributed by atoms with Crippen molar-refractivity contribution in [2.45, 2.75) is 59.8 Å². The van der Waals surface area contributed by atoms with Crippen LogP contribution in [-0.2, 0) is 11.2 Å². The van der Waals surface area contributed by atoms with E-state index >= 15 is 0 Å². The predicted octanol–water partition coefficient (Wildman–Crippen LogP) is 6.89. The Balaban J connectivity index is 1.83. The summed E-state index contributed by atoms with van der Waals surface area (Å²) in [6.45, 7) is 11.5. The number of esters is 1. The van der Waals surface area contributed by atoms with Crippen molar-refractivity contribution < 1.29 is 9.53 Å². The van der Waals surface area contributed by atoms with Gasteiger partial charge < -0.3 is 4.74 Å². The molecule has 28 heavy (non-hydrogen) atoms. The molecule has 1 aliphatic rings. The number of carbonyl (C=O) groups excluding carboxylic acids is 1. The van der Waals surface area contributed by atoms with Crippen LogP contribution in [0.4, 0.5) is 0 Å². The number of allylic oxidation sites excluding steroid dienone is 1. The second-order valence-electron chi connectivity index (χ2n) is 8.85. The number of hydrogen-bond acceptors (Lipinski definition) is 2. The lowest BCUT2D eigenvalue weighted by Gasteiger charge is -2.24. The van der Waals surface area contributed by atoms with Crippen LogP contribution in [0, 0.1) is 5.41 Å². The molecule has 0 fully saturated rings. The van der Waals surface area contributed by atoms with E-state index in [1.165, 1.54) is 41.5 Å². The Bertz CT molecular complexity index is 872. The Kier molecular flexibility index (Phi) is 6.07. The van der Waals surface area contributed by atoms with Crippen molar-refractivity contribution in [3.63, 3.8) is 0 Å². The van der Waals surface area contributed by atoms with Gasteiger partial charge in [0.05, 0.1) is 12.2 Å². The minimum atomic E-state index is -0.266. The summed E-state index contributed by atoms with van der Waals surface area (Å²) < 4.78 is 5.05. The highest BCUT2D eigenvalue weighted by molar-refractivity contribution is 5.90. The van der Waals surface area contributed by atoms with Crippen LogP contribution in [0.5, 0.6) is 0 Å². The zero-order chi connectivity index (χ0) is 20.3. The van der Waals surface area contributed by atoms with E-state index in [0.29, 0.717) is 23.5 Å². The molecular formula is C26H32O2. The molecule has 0 radical (unpaired) electrons. The first-order valence-electron chi connectivity index (χ1n) is 10.4. The second kappa shape index (κ2) is 8.34. The van der Waals surface area contributed by atoms with Crippen LogP contribution in [-0.4, -0.2) is 12.6 Å². The van der Waals surface area contributed by atoms with Crippen LogP contribution < -0.4 is 0 Å². The van der Waals surface area contributed by atoms with Crippen molar-refractivity contribution in [2.75, 3.05) is 6.61 Å². The molecule has 0 amide bonds. The lowest BCUT2D eigenvalue weighted by atomic mass is 9.81. The van der Waals surface area contributed by atoms with Gasteiger partial charge in [-0.25, -0.2) is 4.79 Å². The lowest BCUT2D eigenvalue weighted by molar-refractivity contribution is 0.0526. The molecule has 1 unspecified atom stereocenters. The maximum Gasteiger partial charge on any atom is 0.338 e. The molecule has 2 heteroatoms. The third-order valence-corrected chi connectivity index (χ3v) is 5.87. The number of benzene rings is 2. The number of carbonyl (C=O) groups is 1. The van der Waals surface area contributed by atoms with Crippen molar-refractivity contribution in [1.82, 2.24) is 0 Å². The van der Waals surface area contributed by atoms with Gasteiger partial charge in [0.15, 0.2) is 0 Å². The Morgan fingerprint density at radius 3 is 2.50 bits per heavy atom. The molecule has 1 aliphatic carbocycles. The Hall–Kier alpha value is -2.35. The molecule has 0 aliphatic heterocycles. The maximum atomic E-state index is 11.8. The van der Waals surface area contributed by atoms with Gasteiger partial charge in [-0.05, 0) is 84.4 Å². The van der Waals surface area contributed by atoms with E-state index in [1.54, 1.807) is 0 Å². The Morgan fingerprint density at radius 2 is 1.82 bits per heavy atom. The molecule has 0 saturated heterocycles. The van der Waals surface area contributed by atoms with E-state index in [9.17, 15) is 4.79 Å². The van der Waals surface area contributed by atoms with Crippen molar-refractivity contribution >= 4 is 17.6 Å². The monoisotopic (exact) mass is 376 g/mol. The van der Waals surface area contributed by atoms with Crippen LogP contribution in [0.1, 0.15) is 86.0 Å². The summed E-state index contributed by atoms with van der Waals surface area (Å²) in [5.74, 6) is 0.321. The molecule has 2 aromatic carbocycles. The number of aryl methyl sites for hydroxylation is 1. The first kappa shape index (κ1) is 20.4. The molecule has 0 heterocycles. The summed E-state index contributed by atoms with van der Waals surface area (Å²) >= 11 is 0. The summed E-state index contributed by atoms with van der Waals surface area (Å²) in [4.78, 5) is 11.8. The second-order valence-corrected chi connectivity index (χ2v) is 8.85. The minimum absolute atomic E-state index is 0.266. The van der Waals surface area contributed by atoms with Crippen molar-refractivity contribution in [2.24, 2.45) is 5.41 Å². The predicted molar refractivity (Wildman–Crippen MR) is 118 cm³/mol. The van der Waals surface area contributed by atoms with Crippen LogP contribution in [0.3, 0.4) is 0 Å². The first-order valence-corrected chi connectivity index (χ1v) is 10.4. The molecule has 2 aromatic rings. The molecule has 0 bridgehead atoms. The fourth-order valence-corrected chi connectivity index (χ4v) is 4.30. The summed E-state index contributed by atoms with van der Waals surface area (Å²) in [6.07, 6.45) is 5.85. The van der Waals surface area contributed by atoms with Gasteiger partial charge in [-0.1, -0.05) is 57.2 Å². The van der Waals surface area contributed by atoms with Crippen molar-refractivity contribution in [3.8, 4) is 0 Å². The maximum absolute atomic E-state index is 11.8. The fraction of sp³-hybridized carbons (Fsp3) is 0.423. The third kappa shape index (κ3) is 4.73. The van der Waals surface area contributed by atoms with E-state index in [4.69, 9.17) is 4.74 Å². The van der Waals surface area contributed by atoms with E-state index in [-0.39, 0.29) is 5.97 Å². The summed E-state index contributed by atoms with van der Waals surface area (Å²) in [5, 5.41) is 0. The van der Waals surface area contributed by atoms with Gasteiger partial charge in [-0.2, -0.15) is 0 Å². The Morgan fingerprint density at radius 1 is 1.14 bits per heavy atom. The van der Waals surface area contributed by atoms with Gasteiger partial charge >= 0.3 is 5.97 Å². The van der Waals surface area contributed by atoms with Crippen LogP contribution in [0.2, 0.25) is 0 Å². The lowest BCUT2D eigenvalue weighted by Crippen LogP contribution is -2.12. The quantitative estimate of drug-likeness (QED) is 0.330. The van der Waals surface area contributed by atoms with Crippen molar-refractivity contribution in [1.29, 1.82) is 0 Å². The fourth-order valence-electron chi connectivity index (χ4n) is 4.30. The smallest absolute Gasteiger partial charge is 0.338 e. The van der Waals surface area contributed by atoms with Gasteiger partial charge in [-0.15, -0.1) is 0 Å². The van der Waals surface area contributed by atoms with E-state index in [1.807, 2.05) is 31.2 Å². The summed E-state index contributed by atoms with van der Waals surface area (Å²) in [6, 6.07) is 14.6. The highest BCUT2D eigenvalue weighted by atomic mass is 16.5. The van der Waals surface area contributed by atoms with Crippen molar-refractivity contribution in [3.05, 3.63) is 70.3 Å². The summed E-state index contributed by atoms with van der Waals surface area (Å²) in [7, 11) is 0. The third-order valence-electron chi connectivity index (χ3n) is 5.87. The van der Waals surface area contributed by atoms with Gasteiger partial charge in [0.25, 0.3) is 0 Å². The zero-order valence-electron chi connectivity index (χ0n) is 17.8. The molecule has 148 valence electrons. The van der Waals surface area contributed by atoms with Gasteiger partial charge in [0.2, 0.25) is 0 Å². The van der Waals surface area contributed by atoms with Gasteiger partial charge in [0, 0.05) is 0 Å². The van der Waals surface area contributed by atoms with Crippen LogP contribution in [0.15, 0.2) is 42.5 Å². The SMILES string of the molecule is CCOC(=O)c1ccc(/C=C(\C)c2ccc3c(c2)C(C)CC(C)(C)CC3)cc1. The normalized spacial score (nSPS) is 18.9. The van der Waals surface area contributed by atoms with E-state index < -0.39 is 0 Å². The molecular weight excluding hydrogens is 344 g/mol. The molecule has 3 rings (SSSR count). The number of fused-ring (bicyclic) bond motifs is 1. The highest BCUT2D eigenvalue weighted by Gasteiger charge is 2.27. The van der Waals surface area contributed by atoms with Crippen LogP contribution in [0.25, 0.3) is 11.6 Å². The molecule has 2 nitrogen and oxygen atoms in total. The van der Waals surface area contributed by atoms with Gasteiger partial charge in [0.1, 0.15) is 0 Å². The molecule has 1 atom stereocenters. The molecule has 0 saturated carbocycles. The average Bonchev–Trinajstić information content (AvgIpc) is 2.77. The van der Waals surface area contributed by atoms with E-state index in [0.717, 1.165) is 5.56 Å². The summed E-state index contributed by atoms with van der Waals surface area (Å²) in [5.41, 5.74) is 7.63. The van der Waals surface area contributed by atoms with Gasteiger partial charge in [-0.3, -0.25) is 0 Å². The van der Waals surface area contributed by atoms with E-state index in [2.05, 4.69) is 52.0 Å². The number of rotatable bonds is 4. The minimum Gasteiger partial charge on any atom is -0.462 e. The largest absolute Gasteiger partial charge is 0.462 e. The zero-order valence-corrected chi connectivity index (χ0v) is 17.8. The highest BCUT2D eigenvalue weighted by Crippen LogP contribution is 2.41. The molecule has 0 N–H and O–H groups in total. The number of hydrogen-bond donors (Lipinski definition) is 0. The standard InChI is InChI=1S/C26H32O2/c1-6-28-25(27)22-9-7-20(8-10-22)15-18(2)23-12-11-21-13-14-26(4,5)17-19(3)24(21)16-23/h7-12,15-16,19H,6,13-14,17H2,1-5H3/b18-15+. The molecule has 0 aromatic heterocycles. The van der Waals surface area contributed by atoms with Crippen LogP contribution >= 0.6 is 0 Å². The molecule has 0 spiro atoms. The topological polar surface area (TPSA) is 26.3 Å². The first-order chi connectivity index (χ1) is 13.3. The average molecular weight is 377 g/mol. The Labute approximate surface area is 169 Å².